The second kappa shape index (κ2) is 12.4. The Bertz CT molecular complexity index is 3920. The molecule has 12 aromatic rings. The fourth-order valence-electron chi connectivity index (χ4n) is 12.1. The molecule has 4 aromatic heterocycles. The molecule has 298 valence electrons. The van der Waals surface area contributed by atoms with Gasteiger partial charge in [-0.1, -0.05) is 121 Å². The van der Waals surface area contributed by atoms with Crippen molar-refractivity contribution >= 4 is 71.6 Å². The molecule has 0 saturated heterocycles. The van der Waals surface area contributed by atoms with E-state index in [0.29, 0.717) is 0 Å². The van der Waals surface area contributed by atoms with Crippen molar-refractivity contribution < 1.29 is 4.42 Å². The van der Waals surface area contributed by atoms with E-state index in [1.54, 1.807) is 0 Å². The monoisotopic (exact) mass is 816 g/mol. The van der Waals surface area contributed by atoms with E-state index in [4.69, 9.17) is 14.4 Å². The molecular formula is C59H36N4O. The van der Waals surface area contributed by atoms with E-state index in [9.17, 15) is 0 Å². The van der Waals surface area contributed by atoms with Crippen LogP contribution >= 0.6 is 0 Å². The van der Waals surface area contributed by atoms with Gasteiger partial charge in [0.25, 0.3) is 0 Å². The molecule has 0 N–H and O–H groups in total. The molecule has 0 fully saturated rings. The zero-order chi connectivity index (χ0) is 41.7. The van der Waals surface area contributed by atoms with Crippen LogP contribution < -0.4 is 4.90 Å². The van der Waals surface area contributed by atoms with Gasteiger partial charge in [0.1, 0.15) is 5.58 Å². The molecule has 64 heavy (non-hydrogen) atoms. The highest BCUT2D eigenvalue weighted by atomic mass is 16.3. The molecule has 0 unspecified atom stereocenters. The fraction of sp³-hybridized carbons (Fsp3) is 0.0508. The van der Waals surface area contributed by atoms with Gasteiger partial charge in [0.15, 0.2) is 5.58 Å². The normalized spacial score (nSPS) is 13.9. The van der Waals surface area contributed by atoms with Crippen molar-refractivity contribution in [3.63, 3.8) is 0 Å². The molecule has 3 aliphatic carbocycles. The first-order valence-electron chi connectivity index (χ1n) is 22.2. The molecule has 0 aliphatic heterocycles. The van der Waals surface area contributed by atoms with Crippen LogP contribution in [0, 0.1) is 0 Å². The summed E-state index contributed by atoms with van der Waals surface area (Å²) in [5, 5.41) is 7.34. The van der Waals surface area contributed by atoms with Crippen molar-refractivity contribution in [2.24, 2.45) is 0 Å². The number of benzene rings is 8. The number of hydrogen-bond donors (Lipinski definition) is 0. The van der Waals surface area contributed by atoms with Crippen LogP contribution in [0.1, 0.15) is 33.4 Å². The van der Waals surface area contributed by atoms with Gasteiger partial charge in [-0.2, -0.15) is 0 Å². The Labute approximate surface area is 368 Å². The van der Waals surface area contributed by atoms with Gasteiger partial charge in [-0.05, 0) is 123 Å². The van der Waals surface area contributed by atoms with Gasteiger partial charge in [0, 0.05) is 56.6 Å². The summed E-state index contributed by atoms with van der Waals surface area (Å²) in [5.74, 6) is 0. The summed E-state index contributed by atoms with van der Waals surface area (Å²) in [6, 6.07) is 66.5. The SMILES string of the molecule is c1ccc(N(c2ccc3c4ccccc4n(-c4ccccc4)c3c2)c2cccc3c2oc2c4c(ccc23)C2(c3cccnc3-c3ncccc32)c2ccc3c5c(ccc-4c25)CC3)cc1. The second-order valence-corrected chi connectivity index (χ2v) is 17.5. The highest BCUT2D eigenvalue weighted by Gasteiger charge is 2.52. The third-order valence-electron chi connectivity index (χ3n) is 14.6. The molecule has 0 bridgehead atoms. The Kier molecular flexibility index (Phi) is 6.67. The lowest BCUT2D eigenvalue weighted by Crippen LogP contribution is -2.32. The zero-order valence-corrected chi connectivity index (χ0v) is 34.6. The molecular weight excluding hydrogens is 781 g/mol. The van der Waals surface area contributed by atoms with Crippen LogP contribution in [0.4, 0.5) is 17.1 Å². The van der Waals surface area contributed by atoms with E-state index in [0.717, 1.165) is 80.0 Å². The first kappa shape index (κ1) is 34.3. The summed E-state index contributed by atoms with van der Waals surface area (Å²) in [7, 11) is 0. The van der Waals surface area contributed by atoms with Gasteiger partial charge in [-0.3, -0.25) is 9.97 Å². The highest BCUT2D eigenvalue weighted by molar-refractivity contribution is 6.19. The van der Waals surface area contributed by atoms with Crippen molar-refractivity contribution in [2.75, 3.05) is 4.90 Å². The summed E-state index contributed by atoms with van der Waals surface area (Å²) in [6.45, 7) is 0. The molecule has 4 heterocycles. The van der Waals surface area contributed by atoms with Crippen LogP contribution in [-0.2, 0) is 18.3 Å². The summed E-state index contributed by atoms with van der Waals surface area (Å²) < 4.78 is 9.94. The standard InChI is InChI=1S/C59H36N4O/c1-3-12-37(13-4-1)62(39-26-28-41-40-16-7-8-20-49(40)63(51(41)34-39)38-14-5-2-6-15-38)50-21-9-17-42-43-29-31-46-54(58(43)64-57(42)50)44-27-24-35-22-23-36-25-30-45(53(44)52(35)36)59(46)47-18-10-32-60-55(47)56-48(59)19-11-33-61-56/h1-21,24-34H,22-23H2. The molecule has 5 nitrogen and oxygen atoms in total. The minimum Gasteiger partial charge on any atom is -0.453 e. The van der Waals surface area contributed by atoms with Crippen LogP contribution in [-0.4, -0.2) is 14.5 Å². The Balaban J connectivity index is 1.04. The van der Waals surface area contributed by atoms with E-state index in [1.807, 2.05) is 12.4 Å². The summed E-state index contributed by atoms with van der Waals surface area (Å²) in [6.07, 6.45) is 5.91. The van der Waals surface area contributed by atoms with Gasteiger partial charge < -0.3 is 13.9 Å². The van der Waals surface area contributed by atoms with E-state index in [1.165, 1.54) is 66.0 Å². The predicted octanol–water partition coefficient (Wildman–Crippen LogP) is 14.5. The number of rotatable bonds is 4. The Hall–Kier alpha value is -8.28. The van der Waals surface area contributed by atoms with Gasteiger partial charge in [0.05, 0.1) is 33.5 Å². The van der Waals surface area contributed by atoms with Crippen LogP contribution in [0.15, 0.2) is 199 Å². The Morgan fingerprint density at radius 3 is 1.92 bits per heavy atom. The van der Waals surface area contributed by atoms with Crippen LogP contribution in [0.3, 0.4) is 0 Å². The van der Waals surface area contributed by atoms with Gasteiger partial charge in [0.2, 0.25) is 0 Å². The molecule has 0 atom stereocenters. The second-order valence-electron chi connectivity index (χ2n) is 17.5. The third kappa shape index (κ3) is 4.24. The van der Waals surface area contributed by atoms with Crippen molar-refractivity contribution in [1.82, 2.24) is 14.5 Å². The van der Waals surface area contributed by atoms with Crippen molar-refractivity contribution in [3.8, 4) is 28.2 Å². The molecule has 15 rings (SSSR count). The van der Waals surface area contributed by atoms with Crippen molar-refractivity contribution in [3.05, 3.63) is 228 Å². The number of anilines is 3. The van der Waals surface area contributed by atoms with Crippen LogP contribution in [0.2, 0.25) is 0 Å². The maximum Gasteiger partial charge on any atom is 0.159 e. The lowest BCUT2D eigenvalue weighted by Gasteiger charge is -2.39. The lowest BCUT2D eigenvalue weighted by atomic mass is 9.61. The number of pyridine rings is 2. The largest absolute Gasteiger partial charge is 0.453 e. The number of fused-ring (bicyclic) bond motifs is 16. The fourth-order valence-corrected chi connectivity index (χ4v) is 12.1. The molecule has 5 heteroatoms. The Morgan fingerprint density at radius 1 is 0.469 bits per heavy atom. The first-order chi connectivity index (χ1) is 31.8. The Morgan fingerprint density at radius 2 is 1.12 bits per heavy atom. The number of para-hydroxylation sites is 4. The number of hydrogen-bond acceptors (Lipinski definition) is 4. The zero-order valence-electron chi connectivity index (χ0n) is 34.6. The smallest absolute Gasteiger partial charge is 0.159 e. The molecule has 0 saturated carbocycles. The molecule has 3 aliphatic rings. The van der Waals surface area contributed by atoms with Crippen LogP contribution in [0.25, 0.3) is 82.7 Å². The van der Waals surface area contributed by atoms with Gasteiger partial charge in [-0.25, -0.2) is 0 Å². The number of nitrogens with zero attached hydrogens (tertiary/aromatic N) is 4. The van der Waals surface area contributed by atoms with Crippen molar-refractivity contribution in [1.29, 1.82) is 0 Å². The molecule has 0 radical (unpaired) electrons. The average molecular weight is 817 g/mol. The lowest BCUT2D eigenvalue weighted by molar-refractivity contribution is 0.667. The average Bonchev–Trinajstić information content (AvgIpc) is 4.12. The molecule has 1 spiro atoms. The van der Waals surface area contributed by atoms with Gasteiger partial charge >= 0.3 is 0 Å². The maximum absolute atomic E-state index is 7.56. The van der Waals surface area contributed by atoms with E-state index in [2.05, 4.69) is 191 Å². The minimum atomic E-state index is -0.631. The summed E-state index contributed by atoms with van der Waals surface area (Å²) in [4.78, 5) is 12.4. The number of aryl methyl sites for hydroxylation is 2. The number of aromatic nitrogens is 3. The number of furan rings is 1. The molecule has 0 amide bonds. The topological polar surface area (TPSA) is 47.1 Å². The highest BCUT2D eigenvalue weighted by Crippen LogP contribution is 2.63. The quantitative estimate of drug-likeness (QED) is 0.177. The predicted molar refractivity (Wildman–Crippen MR) is 260 cm³/mol. The molecule has 8 aromatic carbocycles. The maximum atomic E-state index is 7.56. The van der Waals surface area contributed by atoms with E-state index in [-0.39, 0.29) is 0 Å². The van der Waals surface area contributed by atoms with Gasteiger partial charge in [-0.15, -0.1) is 0 Å². The van der Waals surface area contributed by atoms with E-state index < -0.39 is 5.41 Å². The first-order valence-corrected chi connectivity index (χ1v) is 22.2. The summed E-state index contributed by atoms with van der Waals surface area (Å²) in [5.41, 5.74) is 19.6. The summed E-state index contributed by atoms with van der Waals surface area (Å²) >= 11 is 0. The third-order valence-corrected chi connectivity index (χ3v) is 14.6. The minimum absolute atomic E-state index is 0.631. The van der Waals surface area contributed by atoms with E-state index >= 15 is 0 Å². The van der Waals surface area contributed by atoms with Crippen molar-refractivity contribution in [2.45, 2.75) is 18.3 Å². The van der Waals surface area contributed by atoms with Crippen LogP contribution in [0.5, 0.6) is 0 Å².